The summed E-state index contributed by atoms with van der Waals surface area (Å²) in [5.74, 6) is -0.0915. The van der Waals surface area contributed by atoms with Crippen molar-refractivity contribution in [1.82, 2.24) is 5.32 Å². The lowest BCUT2D eigenvalue weighted by Crippen LogP contribution is -2.33. The van der Waals surface area contributed by atoms with Crippen LogP contribution in [-0.4, -0.2) is 37.7 Å². The first kappa shape index (κ1) is 21.1. The van der Waals surface area contributed by atoms with Crippen LogP contribution in [0.15, 0.2) is 48.5 Å². The molecule has 0 saturated carbocycles. The second kappa shape index (κ2) is 9.63. The Balaban J connectivity index is 1.81. The molecular formula is C19H19F3N2O4. The number of amides is 2. The third kappa shape index (κ3) is 7.18. The van der Waals surface area contributed by atoms with Crippen molar-refractivity contribution in [3.63, 3.8) is 0 Å². The fourth-order valence-corrected chi connectivity index (χ4v) is 2.13. The number of hydrogen-bond acceptors (Lipinski definition) is 4. The van der Waals surface area contributed by atoms with E-state index in [1.165, 1.54) is 24.3 Å². The molecule has 0 aliphatic rings. The number of anilines is 1. The molecule has 0 aliphatic heterocycles. The van der Waals surface area contributed by atoms with E-state index in [1.54, 1.807) is 29.6 Å². The van der Waals surface area contributed by atoms with Gasteiger partial charge in [0.15, 0.2) is 6.61 Å². The molecule has 0 aromatic heterocycles. The van der Waals surface area contributed by atoms with Crippen LogP contribution < -0.4 is 20.1 Å². The summed E-state index contributed by atoms with van der Waals surface area (Å²) in [5.41, 5.74) is 0.431. The van der Waals surface area contributed by atoms with Gasteiger partial charge in [-0.1, -0.05) is 0 Å². The van der Waals surface area contributed by atoms with E-state index in [9.17, 15) is 22.8 Å². The number of nitrogens with one attached hydrogen (secondary N) is 2. The fraction of sp³-hybridized carbons (Fsp3) is 0.263. The van der Waals surface area contributed by atoms with Crippen LogP contribution in [0.25, 0.3) is 0 Å². The fourth-order valence-electron chi connectivity index (χ4n) is 2.13. The molecule has 6 nitrogen and oxygen atoms in total. The second-order valence-electron chi connectivity index (χ2n) is 5.62. The molecule has 2 rings (SSSR count). The Hall–Kier alpha value is -3.23. The highest BCUT2D eigenvalue weighted by Crippen LogP contribution is 2.18. The van der Waals surface area contributed by atoms with E-state index >= 15 is 0 Å². The Bertz CT molecular complexity index is 790. The number of carbonyl (C=O) groups is 2. The van der Waals surface area contributed by atoms with Gasteiger partial charge in [-0.05, 0) is 55.5 Å². The molecule has 0 radical (unpaired) electrons. The summed E-state index contributed by atoms with van der Waals surface area (Å²) in [6.07, 6.45) is -4.48. The summed E-state index contributed by atoms with van der Waals surface area (Å²) in [7, 11) is 0. The van der Waals surface area contributed by atoms with E-state index in [0.717, 1.165) is 0 Å². The minimum atomic E-state index is -4.48. The standard InChI is InChI=1S/C19H19F3N2O4/c1-2-27-15-7-9-16(10-8-15)28-11-17(25)24-14-5-3-13(4-6-14)18(26)23-12-19(20,21)22/h3-10H,2,11-12H2,1H3,(H,23,26)(H,24,25). The zero-order chi connectivity index (χ0) is 20.6. The summed E-state index contributed by atoms with van der Waals surface area (Å²) in [5, 5.41) is 4.34. The molecule has 0 bridgehead atoms. The molecule has 0 spiro atoms. The summed E-state index contributed by atoms with van der Waals surface area (Å²) in [6.45, 7) is 0.774. The van der Waals surface area contributed by atoms with Crippen LogP contribution in [0.2, 0.25) is 0 Å². The predicted octanol–water partition coefficient (Wildman–Crippen LogP) is 3.39. The predicted molar refractivity (Wildman–Crippen MR) is 96.6 cm³/mol. The molecule has 150 valence electrons. The van der Waals surface area contributed by atoms with Gasteiger partial charge in [0, 0.05) is 11.3 Å². The topological polar surface area (TPSA) is 76.7 Å². The number of rotatable bonds is 8. The van der Waals surface area contributed by atoms with Gasteiger partial charge >= 0.3 is 6.18 Å². The number of benzene rings is 2. The average molecular weight is 396 g/mol. The van der Waals surface area contributed by atoms with Gasteiger partial charge in [0.25, 0.3) is 11.8 Å². The van der Waals surface area contributed by atoms with Crippen molar-refractivity contribution in [1.29, 1.82) is 0 Å². The first-order valence-electron chi connectivity index (χ1n) is 8.37. The molecular weight excluding hydrogens is 377 g/mol. The third-order valence-electron chi connectivity index (χ3n) is 3.38. The molecule has 0 heterocycles. The summed E-state index contributed by atoms with van der Waals surface area (Å²) in [6, 6.07) is 12.2. The normalized spacial score (nSPS) is 10.9. The number of ether oxygens (including phenoxy) is 2. The number of carbonyl (C=O) groups excluding carboxylic acids is 2. The first-order valence-corrected chi connectivity index (χ1v) is 8.37. The molecule has 0 saturated heterocycles. The van der Waals surface area contributed by atoms with Gasteiger partial charge in [-0.2, -0.15) is 13.2 Å². The smallest absolute Gasteiger partial charge is 0.405 e. The van der Waals surface area contributed by atoms with Crippen molar-refractivity contribution in [2.75, 3.05) is 25.1 Å². The van der Waals surface area contributed by atoms with E-state index in [4.69, 9.17) is 9.47 Å². The van der Waals surface area contributed by atoms with Crippen LogP contribution in [0.4, 0.5) is 18.9 Å². The molecule has 2 aromatic carbocycles. The lowest BCUT2D eigenvalue weighted by Gasteiger charge is -2.10. The van der Waals surface area contributed by atoms with Crippen molar-refractivity contribution >= 4 is 17.5 Å². The van der Waals surface area contributed by atoms with Gasteiger partial charge in [0.05, 0.1) is 6.61 Å². The Morgan fingerprint density at radius 1 is 0.929 bits per heavy atom. The maximum atomic E-state index is 12.1. The molecule has 2 aromatic rings. The summed E-state index contributed by atoms with van der Waals surface area (Å²) in [4.78, 5) is 23.5. The van der Waals surface area contributed by atoms with Crippen molar-refractivity contribution in [3.8, 4) is 11.5 Å². The first-order chi connectivity index (χ1) is 13.3. The Morgan fingerprint density at radius 2 is 1.50 bits per heavy atom. The quantitative estimate of drug-likeness (QED) is 0.717. The molecule has 28 heavy (non-hydrogen) atoms. The lowest BCUT2D eigenvalue weighted by atomic mass is 10.2. The Labute approximate surface area is 159 Å². The van der Waals surface area contributed by atoms with Crippen molar-refractivity contribution < 1.29 is 32.2 Å². The number of hydrogen-bond donors (Lipinski definition) is 2. The van der Waals surface area contributed by atoms with Gasteiger partial charge in [-0.3, -0.25) is 9.59 Å². The Morgan fingerprint density at radius 3 is 2.04 bits per heavy atom. The van der Waals surface area contributed by atoms with Crippen molar-refractivity contribution in [2.45, 2.75) is 13.1 Å². The van der Waals surface area contributed by atoms with Gasteiger partial charge in [0.1, 0.15) is 18.0 Å². The highest BCUT2D eigenvalue weighted by atomic mass is 19.4. The van der Waals surface area contributed by atoms with E-state index in [-0.39, 0.29) is 12.2 Å². The van der Waals surface area contributed by atoms with Crippen LogP contribution in [0.3, 0.4) is 0 Å². The Kier molecular flexibility index (Phi) is 7.25. The van der Waals surface area contributed by atoms with Gasteiger partial charge in [0.2, 0.25) is 0 Å². The highest BCUT2D eigenvalue weighted by Gasteiger charge is 2.27. The van der Waals surface area contributed by atoms with E-state index in [2.05, 4.69) is 5.32 Å². The molecule has 9 heteroatoms. The molecule has 0 fully saturated rings. The van der Waals surface area contributed by atoms with Crippen LogP contribution in [0, 0.1) is 0 Å². The molecule has 0 atom stereocenters. The van der Waals surface area contributed by atoms with E-state index in [0.29, 0.717) is 23.8 Å². The summed E-state index contributed by atoms with van der Waals surface area (Å²) < 4.78 is 47.0. The zero-order valence-corrected chi connectivity index (χ0v) is 15.0. The van der Waals surface area contributed by atoms with Crippen LogP contribution in [0.5, 0.6) is 11.5 Å². The number of halogens is 3. The maximum absolute atomic E-state index is 12.1. The zero-order valence-electron chi connectivity index (χ0n) is 15.0. The van der Waals surface area contributed by atoms with Crippen molar-refractivity contribution in [3.05, 3.63) is 54.1 Å². The van der Waals surface area contributed by atoms with E-state index < -0.39 is 24.5 Å². The number of alkyl halides is 3. The van der Waals surface area contributed by atoms with Crippen LogP contribution in [-0.2, 0) is 4.79 Å². The van der Waals surface area contributed by atoms with Gasteiger partial charge in [-0.15, -0.1) is 0 Å². The lowest BCUT2D eigenvalue weighted by molar-refractivity contribution is -0.123. The highest BCUT2D eigenvalue weighted by molar-refractivity contribution is 5.96. The molecule has 2 N–H and O–H groups in total. The van der Waals surface area contributed by atoms with Gasteiger partial charge < -0.3 is 20.1 Å². The molecule has 0 aliphatic carbocycles. The maximum Gasteiger partial charge on any atom is 0.405 e. The van der Waals surface area contributed by atoms with Gasteiger partial charge in [-0.25, -0.2) is 0 Å². The minimum Gasteiger partial charge on any atom is -0.494 e. The molecule has 2 amide bonds. The summed E-state index contributed by atoms with van der Waals surface area (Å²) >= 11 is 0. The third-order valence-corrected chi connectivity index (χ3v) is 3.38. The monoisotopic (exact) mass is 396 g/mol. The average Bonchev–Trinajstić information content (AvgIpc) is 2.66. The minimum absolute atomic E-state index is 0.0490. The second-order valence-corrected chi connectivity index (χ2v) is 5.62. The molecule has 0 unspecified atom stereocenters. The van der Waals surface area contributed by atoms with Crippen LogP contribution in [0.1, 0.15) is 17.3 Å². The van der Waals surface area contributed by atoms with Crippen LogP contribution >= 0.6 is 0 Å². The van der Waals surface area contributed by atoms with Crippen molar-refractivity contribution in [2.24, 2.45) is 0 Å². The largest absolute Gasteiger partial charge is 0.494 e. The van der Waals surface area contributed by atoms with E-state index in [1.807, 2.05) is 6.92 Å². The SMILES string of the molecule is CCOc1ccc(OCC(=O)Nc2ccc(C(=O)NCC(F)(F)F)cc2)cc1.